The second-order valence-corrected chi connectivity index (χ2v) is 4.55. The van der Waals surface area contributed by atoms with Crippen LogP contribution in [0.3, 0.4) is 0 Å². The number of halogens is 1. The molecule has 0 aromatic carbocycles. The Kier molecular flexibility index (Phi) is 4.06. The van der Waals surface area contributed by atoms with Gasteiger partial charge in [0, 0.05) is 17.5 Å². The fourth-order valence-corrected chi connectivity index (χ4v) is 3.22. The van der Waals surface area contributed by atoms with Crippen molar-refractivity contribution < 1.29 is 0 Å². The molecule has 0 bridgehead atoms. The maximum absolute atomic E-state index is 6.14. The van der Waals surface area contributed by atoms with Crippen LogP contribution in [0.15, 0.2) is 0 Å². The molecule has 2 heterocycles. The van der Waals surface area contributed by atoms with Crippen LogP contribution in [-0.2, 0) is 0 Å². The largest absolute Gasteiger partial charge is 0.296 e. The van der Waals surface area contributed by atoms with Crippen LogP contribution in [0.4, 0.5) is 0 Å². The van der Waals surface area contributed by atoms with Gasteiger partial charge in [0.05, 0.1) is 0 Å². The van der Waals surface area contributed by atoms with E-state index in [0.717, 1.165) is 6.54 Å². The summed E-state index contributed by atoms with van der Waals surface area (Å²) in [4.78, 5) is 2.60. The van der Waals surface area contributed by atoms with Crippen molar-refractivity contribution in [3.63, 3.8) is 0 Å². The molecule has 2 saturated heterocycles. The van der Waals surface area contributed by atoms with E-state index in [-0.39, 0.29) is 0 Å². The molecule has 0 aliphatic carbocycles. The normalized spacial score (nSPS) is 38.3. The lowest BCUT2D eigenvalue weighted by Gasteiger charge is -2.30. The van der Waals surface area contributed by atoms with Crippen LogP contribution in [0.5, 0.6) is 0 Å². The summed E-state index contributed by atoms with van der Waals surface area (Å²) >= 11 is 6.14. The van der Waals surface area contributed by atoms with Crippen LogP contribution in [-0.4, -0.2) is 28.9 Å². The summed E-state index contributed by atoms with van der Waals surface area (Å²) in [5, 5.41) is 0.426. The van der Waals surface area contributed by atoms with Crippen LogP contribution >= 0.6 is 11.6 Å². The number of hydrogen-bond donors (Lipinski definition) is 0. The zero-order chi connectivity index (χ0) is 9.90. The van der Waals surface area contributed by atoms with Crippen LogP contribution in [0, 0.1) is 0 Å². The third kappa shape index (κ3) is 2.02. The molecule has 2 fully saturated rings. The van der Waals surface area contributed by atoms with Crippen molar-refractivity contribution in [3.05, 3.63) is 0 Å². The standard InChI is InChI=1S/C9H16ClN.C2H6/c1-2-9-4-3-5-11(9)7-8(10)6-9;1-2/h8H,2-7H2,1H3;1-2H3. The first-order valence-corrected chi connectivity index (χ1v) is 6.09. The number of alkyl halides is 1. The fourth-order valence-electron chi connectivity index (χ4n) is 2.77. The molecule has 1 nitrogen and oxygen atoms in total. The zero-order valence-electron chi connectivity index (χ0n) is 9.15. The molecule has 0 saturated carbocycles. The second kappa shape index (κ2) is 4.65. The lowest BCUT2D eigenvalue weighted by atomic mass is 9.91. The summed E-state index contributed by atoms with van der Waals surface area (Å²) in [5.41, 5.74) is 0.520. The fraction of sp³-hybridized carbons (Fsp3) is 1.00. The van der Waals surface area contributed by atoms with Gasteiger partial charge in [0.25, 0.3) is 0 Å². The lowest BCUT2D eigenvalue weighted by molar-refractivity contribution is 0.189. The van der Waals surface area contributed by atoms with E-state index in [9.17, 15) is 0 Å². The molecule has 13 heavy (non-hydrogen) atoms. The van der Waals surface area contributed by atoms with Gasteiger partial charge >= 0.3 is 0 Å². The summed E-state index contributed by atoms with van der Waals surface area (Å²) in [6, 6.07) is 0. The predicted octanol–water partition coefficient (Wildman–Crippen LogP) is 3.27. The molecule has 2 rings (SSSR count). The van der Waals surface area contributed by atoms with Gasteiger partial charge in [-0.3, -0.25) is 4.90 Å². The highest BCUT2D eigenvalue weighted by molar-refractivity contribution is 6.21. The average Bonchev–Trinajstić information content (AvgIpc) is 2.64. The van der Waals surface area contributed by atoms with Crippen LogP contribution in [0.2, 0.25) is 0 Å². The van der Waals surface area contributed by atoms with Crippen molar-refractivity contribution in [2.45, 2.75) is 57.4 Å². The van der Waals surface area contributed by atoms with Gasteiger partial charge < -0.3 is 0 Å². The minimum absolute atomic E-state index is 0.426. The summed E-state index contributed by atoms with van der Waals surface area (Å²) in [6.07, 6.45) is 5.28. The van der Waals surface area contributed by atoms with Crippen LogP contribution in [0.1, 0.15) is 46.5 Å². The Morgan fingerprint density at radius 2 is 2.15 bits per heavy atom. The molecule has 2 heteroatoms. The molecule has 2 unspecified atom stereocenters. The summed E-state index contributed by atoms with van der Waals surface area (Å²) in [5.74, 6) is 0. The first-order valence-electron chi connectivity index (χ1n) is 5.66. The highest BCUT2D eigenvalue weighted by atomic mass is 35.5. The Labute approximate surface area is 87.4 Å². The minimum Gasteiger partial charge on any atom is -0.296 e. The highest BCUT2D eigenvalue weighted by Crippen LogP contribution is 2.42. The Morgan fingerprint density at radius 1 is 1.46 bits per heavy atom. The van der Waals surface area contributed by atoms with Gasteiger partial charge in [-0.1, -0.05) is 20.8 Å². The first-order chi connectivity index (χ1) is 6.27. The van der Waals surface area contributed by atoms with E-state index in [4.69, 9.17) is 11.6 Å². The third-order valence-electron chi connectivity index (χ3n) is 3.42. The molecular weight excluding hydrogens is 182 g/mol. The van der Waals surface area contributed by atoms with Crippen molar-refractivity contribution in [1.29, 1.82) is 0 Å². The molecular formula is C11H22ClN. The zero-order valence-corrected chi connectivity index (χ0v) is 9.90. The number of fused-ring (bicyclic) bond motifs is 1. The maximum Gasteiger partial charge on any atom is 0.0481 e. The van der Waals surface area contributed by atoms with Gasteiger partial charge in [0.2, 0.25) is 0 Å². The smallest absolute Gasteiger partial charge is 0.0481 e. The molecule has 0 radical (unpaired) electrons. The average molecular weight is 204 g/mol. The monoisotopic (exact) mass is 203 g/mol. The van der Waals surface area contributed by atoms with E-state index in [2.05, 4.69) is 11.8 Å². The van der Waals surface area contributed by atoms with Gasteiger partial charge in [0.15, 0.2) is 0 Å². The summed E-state index contributed by atoms with van der Waals surface area (Å²) in [7, 11) is 0. The topological polar surface area (TPSA) is 3.24 Å². The van der Waals surface area contributed by atoms with Gasteiger partial charge in [0.1, 0.15) is 0 Å². The SMILES string of the molecule is CC.CCC12CCCN1CC(Cl)C2. The number of nitrogens with zero attached hydrogens (tertiary/aromatic N) is 1. The molecule has 0 aromatic heterocycles. The molecule has 2 aliphatic rings. The van der Waals surface area contributed by atoms with Crippen molar-refractivity contribution in [1.82, 2.24) is 4.90 Å². The number of hydrogen-bond acceptors (Lipinski definition) is 1. The van der Waals surface area contributed by atoms with E-state index in [1.807, 2.05) is 13.8 Å². The molecule has 0 aromatic rings. The van der Waals surface area contributed by atoms with Crippen LogP contribution in [0.25, 0.3) is 0 Å². The van der Waals surface area contributed by atoms with Crippen LogP contribution < -0.4 is 0 Å². The van der Waals surface area contributed by atoms with Crippen molar-refractivity contribution in [2.75, 3.05) is 13.1 Å². The van der Waals surface area contributed by atoms with E-state index in [1.165, 1.54) is 32.2 Å². The van der Waals surface area contributed by atoms with Gasteiger partial charge in [-0.15, -0.1) is 11.6 Å². The highest BCUT2D eigenvalue weighted by Gasteiger charge is 2.46. The van der Waals surface area contributed by atoms with Gasteiger partial charge in [-0.05, 0) is 32.2 Å². The Hall–Kier alpha value is 0.250. The van der Waals surface area contributed by atoms with Crippen molar-refractivity contribution >= 4 is 11.6 Å². The molecule has 0 amide bonds. The predicted molar refractivity (Wildman–Crippen MR) is 59.4 cm³/mol. The summed E-state index contributed by atoms with van der Waals surface area (Å²) in [6.45, 7) is 8.72. The van der Waals surface area contributed by atoms with E-state index < -0.39 is 0 Å². The molecule has 0 spiro atoms. The van der Waals surface area contributed by atoms with Crippen molar-refractivity contribution in [3.8, 4) is 0 Å². The lowest BCUT2D eigenvalue weighted by Crippen LogP contribution is -2.37. The first kappa shape index (κ1) is 11.3. The maximum atomic E-state index is 6.14. The Bertz CT molecular complexity index is 160. The molecule has 2 aliphatic heterocycles. The second-order valence-electron chi connectivity index (χ2n) is 3.93. The molecule has 78 valence electrons. The van der Waals surface area contributed by atoms with E-state index in [0.29, 0.717) is 10.9 Å². The quantitative estimate of drug-likeness (QED) is 0.592. The van der Waals surface area contributed by atoms with E-state index >= 15 is 0 Å². The van der Waals surface area contributed by atoms with Gasteiger partial charge in [-0.2, -0.15) is 0 Å². The van der Waals surface area contributed by atoms with Crippen molar-refractivity contribution in [2.24, 2.45) is 0 Å². The molecule has 0 N–H and O–H groups in total. The Balaban J connectivity index is 0.000000396. The number of rotatable bonds is 1. The minimum atomic E-state index is 0.426. The molecule has 2 atom stereocenters. The third-order valence-corrected chi connectivity index (χ3v) is 3.71. The van der Waals surface area contributed by atoms with Gasteiger partial charge in [-0.25, -0.2) is 0 Å². The van der Waals surface area contributed by atoms with E-state index in [1.54, 1.807) is 0 Å². The Morgan fingerprint density at radius 3 is 2.69 bits per heavy atom. The summed E-state index contributed by atoms with van der Waals surface area (Å²) < 4.78 is 0.